The van der Waals surface area contributed by atoms with Gasteiger partial charge in [0.25, 0.3) is 5.91 Å². The van der Waals surface area contributed by atoms with Gasteiger partial charge in [-0.1, -0.05) is 24.3 Å². The number of carbonyl (C=O) groups excluding carboxylic acids is 2. The predicted molar refractivity (Wildman–Crippen MR) is 99.8 cm³/mol. The number of carbonyl (C=O) groups is 2. The maximum Gasteiger partial charge on any atom is 0.407 e. The maximum absolute atomic E-state index is 11.4. The van der Waals surface area contributed by atoms with Crippen molar-refractivity contribution in [2.75, 3.05) is 31.1 Å². The topological polar surface area (TPSA) is 97.6 Å². The van der Waals surface area contributed by atoms with Gasteiger partial charge >= 0.3 is 6.09 Å². The summed E-state index contributed by atoms with van der Waals surface area (Å²) >= 11 is 0. The molecule has 0 radical (unpaired) electrons. The highest BCUT2D eigenvalue weighted by molar-refractivity contribution is 5.92. The molecule has 1 fully saturated rings. The molecule has 2 aromatic rings. The number of rotatable bonds is 6. The van der Waals surface area contributed by atoms with Crippen LogP contribution in [0.2, 0.25) is 0 Å². The highest BCUT2D eigenvalue weighted by atomic mass is 16.6. The zero-order valence-corrected chi connectivity index (χ0v) is 14.7. The first-order valence-corrected chi connectivity index (χ1v) is 8.91. The minimum Gasteiger partial charge on any atom is -0.439 e. The summed E-state index contributed by atoms with van der Waals surface area (Å²) in [5.41, 5.74) is 4.93. The van der Waals surface area contributed by atoms with E-state index in [1.807, 2.05) is 24.4 Å². The van der Waals surface area contributed by atoms with E-state index in [4.69, 9.17) is 5.73 Å². The van der Waals surface area contributed by atoms with E-state index in [9.17, 15) is 9.59 Å². The van der Waals surface area contributed by atoms with Gasteiger partial charge < -0.3 is 20.7 Å². The van der Waals surface area contributed by atoms with Crippen LogP contribution in [0.4, 0.5) is 10.6 Å². The van der Waals surface area contributed by atoms with E-state index >= 15 is 0 Å². The number of hydrogen-bond donors (Lipinski definition) is 2. The van der Waals surface area contributed by atoms with Crippen LogP contribution in [-0.4, -0.2) is 43.2 Å². The normalized spacial score (nSPS) is 15.0. The van der Waals surface area contributed by atoms with Gasteiger partial charge in [-0.15, -0.1) is 0 Å². The molecule has 138 valence electrons. The van der Waals surface area contributed by atoms with Crippen molar-refractivity contribution < 1.29 is 14.3 Å². The van der Waals surface area contributed by atoms with Gasteiger partial charge in [0, 0.05) is 31.2 Å². The van der Waals surface area contributed by atoms with E-state index in [1.165, 1.54) is 10.8 Å². The van der Waals surface area contributed by atoms with E-state index in [1.54, 1.807) is 0 Å². The highest BCUT2D eigenvalue weighted by Gasteiger charge is 2.21. The molecular formula is C19H24N4O3. The number of fused-ring (bicyclic) bond motifs is 1. The minimum atomic E-state index is -0.658. The summed E-state index contributed by atoms with van der Waals surface area (Å²) in [5.74, 6) is 0.946. The number of pyridine rings is 1. The van der Waals surface area contributed by atoms with Crippen molar-refractivity contribution >= 4 is 28.6 Å². The van der Waals surface area contributed by atoms with Crippen molar-refractivity contribution in [1.29, 1.82) is 0 Å². The number of alkyl carbamates (subject to hydrolysis) is 1. The third-order valence-corrected chi connectivity index (χ3v) is 4.73. The van der Waals surface area contributed by atoms with Crippen LogP contribution in [0.5, 0.6) is 0 Å². The summed E-state index contributed by atoms with van der Waals surface area (Å²) in [6.45, 7) is 2.06. The number of anilines is 1. The van der Waals surface area contributed by atoms with Crippen molar-refractivity contribution in [3.8, 4) is 0 Å². The molecule has 3 N–H and O–H groups in total. The Morgan fingerprint density at radius 2 is 2.00 bits per heavy atom. The fourth-order valence-corrected chi connectivity index (χ4v) is 3.36. The molecule has 0 atom stereocenters. The molecular weight excluding hydrogens is 332 g/mol. The average Bonchev–Trinajstić information content (AvgIpc) is 2.66. The zero-order valence-electron chi connectivity index (χ0n) is 14.7. The number of nitrogens with zero attached hydrogens (tertiary/aromatic N) is 2. The smallest absolute Gasteiger partial charge is 0.407 e. The lowest BCUT2D eigenvalue weighted by Crippen LogP contribution is -2.36. The number of nitrogens with one attached hydrogen (secondary N) is 1. The van der Waals surface area contributed by atoms with E-state index in [0.29, 0.717) is 12.5 Å². The summed E-state index contributed by atoms with van der Waals surface area (Å²) in [6.07, 6.45) is 4.28. The Balaban J connectivity index is 1.46. The Bertz CT molecular complexity index is 767. The van der Waals surface area contributed by atoms with Crippen molar-refractivity contribution in [3.05, 3.63) is 36.5 Å². The molecule has 1 aromatic heterocycles. The molecule has 0 bridgehead atoms. The monoisotopic (exact) mass is 356 g/mol. The van der Waals surface area contributed by atoms with Crippen LogP contribution in [0.25, 0.3) is 10.8 Å². The molecule has 26 heavy (non-hydrogen) atoms. The second-order valence-corrected chi connectivity index (χ2v) is 6.54. The molecule has 0 unspecified atom stereocenters. The molecule has 2 heterocycles. The van der Waals surface area contributed by atoms with Gasteiger partial charge in [-0.05, 0) is 36.6 Å². The average molecular weight is 356 g/mol. The van der Waals surface area contributed by atoms with Gasteiger partial charge in [0.15, 0.2) is 6.61 Å². The molecule has 1 aliphatic rings. The number of nitrogens with two attached hydrogens (primary N) is 1. The number of hydrogen-bond acceptors (Lipinski definition) is 5. The van der Waals surface area contributed by atoms with Crippen molar-refractivity contribution in [1.82, 2.24) is 10.3 Å². The zero-order chi connectivity index (χ0) is 18.4. The second-order valence-electron chi connectivity index (χ2n) is 6.54. The fourth-order valence-electron chi connectivity index (χ4n) is 3.36. The van der Waals surface area contributed by atoms with Crippen LogP contribution in [0, 0.1) is 5.92 Å². The Morgan fingerprint density at radius 3 is 2.77 bits per heavy atom. The first kappa shape index (κ1) is 18.0. The van der Waals surface area contributed by atoms with E-state index in [2.05, 4.69) is 32.1 Å². The van der Waals surface area contributed by atoms with Crippen LogP contribution < -0.4 is 16.0 Å². The van der Waals surface area contributed by atoms with Crippen LogP contribution >= 0.6 is 0 Å². The van der Waals surface area contributed by atoms with Crippen LogP contribution in [0.1, 0.15) is 19.3 Å². The lowest BCUT2D eigenvalue weighted by atomic mass is 9.93. The highest BCUT2D eigenvalue weighted by Crippen LogP contribution is 2.28. The van der Waals surface area contributed by atoms with Crippen LogP contribution in [-0.2, 0) is 9.53 Å². The minimum absolute atomic E-state index is 0.387. The predicted octanol–water partition coefficient (Wildman–Crippen LogP) is 2.05. The molecule has 7 nitrogen and oxygen atoms in total. The molecule has 0 aliphatic carbocycles. The fraction of sp³-hybridized carbons (Fsp3) is 0.421. The molecule has 1 aromatic carbocycles. The molecule has 7 heteroatoms. The Kier molecular flexibility index (Phi) is 5.88. The van der Waals surface area contributed by atoms with E-state index < -0.39 is 12.0 Å². The largest absolute Gasteiger partial charge is 0.439 e. The van der Waals surface area contributed by atoms with Gasteiger partial charge in [0.1, 0.15) is 5.82 Å². The van der Waals surface area contributed by atoms with Gasteiger partial charge in [-0.25, -0.2) is 9.78 Å². The molecule has 0 spiro atoms. The van der Waals surface area contributed by atoms with E-state index in [-0.39, 0.29) is 6.61 Å². The molecule has 0 saturated carbocycles. The number of piperidine rings is 1. The van der Waals surface area contributed by atoms with Gasteiger partial charge in [-0.2, -0.15) is 0 Å². The lowest BCUT2D eigenvalue weighted by molar-refractivity contribution is -0.120. The third-order valence-electron chi connectivity index (χ3n) is 4.73. The number of primary amides is 1. The van der Waals surface area contributed by atoms with Crippen LogP contribution in [0.3, 0.4) is 0 Å². The summed E-state index contributed by atoms with van der Waals surface area (Å²) in [4.78, 5) is 28.9. The first-order valence-electron chi connectivity index (χ1n) is 8.91. The number of aromatic nitrogens is 1. The molecule has 3 rings (SSSR count). The molecule has 1 aliphatic heterocycles. The summed E-state index contributed by atoms with van der Waals surface area (Å²) in [7, 11) is 0. The summed E-state index contributed by atoms with van der Waals surface area (Å²) < 4.78 is 4.67. The second kappa shape index (κ2) is 8.51. The standard InChI is InChI=1S/C19H24N4O3/c20-17(24)13-26-19(25)22-9-5-14-7-11-23(12-8-14)18-16-4-2-1-3-15(16)6-10-21-18/h1-4,6,10,14H,5,7-9,11-13H2,(H2,20,24)(H,22,25). The van der Waals surface area contributed by atoms with Gasteiger partial charge in [0.05, 0.1) is 0 Å². The van der Waals surface area contributed by atoms with Crippen molar-refractivity contribution in [3.63, 3.8) is 0 Å². The molecule has 2 amide bonds. The van der Waals surface area contributed by atoms with Crippen molar-refractivity contribution in [2.45, 2.75) is 19.3 Å². The molecule has 1 saturated heterocycles. The lowest BCUT2D eigenvalue weighted by Gasteiger charge is -2.33. The number of ether oxygens (including phenoxy) is 1. The van der Waals surface area contributed by atoms with Crippen molar-refractivity contribution in [2.24, 2.45) is 11.7 Å². The van der Waals surface area contributed by atoms with Gasteiger partial charge in [-0.3, -0.25) is 4.79 Å². The Hall–Kier alpha value is -2.83. The number of amides is 2. The third kappa shape index (κ3) is 4.62. The SMILES string of the molecule is NC(=O)COC(=O)NCCC1CCN(c2nccc3ccccc23)CC1. The first-order chi connectivity index (χ1) is 12.6. The Morgan fingerprint density at radius 1 is 1.23 bits per heavy atom. The number of benzene rings is 1. The Labute approximate surface area is 152 Å². The summed E-state index contributed by atoms with van der Waals surface area (Å²) in [5, 5.41) is 5.05. The van der Waals surface area contributed by atoms with E-state index in [0.717, 1.165) is 38.2 Å². The van der Waals surface area contributed by atoms with Crippen LogP contribution in [0.15, 0.2) is 36.5 Å². The quantitative estimate of drug-likeness (QED) is 0.825. The summed E-state index contributed by atoms with van der Waals surface area (Å²) in [6, 6.07) is 10.3. The maximum atomic E-state index is 11.4. The van der Waals surface area contributed by atoms with Gasteiger partial charge in [0.2, 0.25) is 0 Å².